The molecule has 0 aliphatic heterocycles. The Labute approximate surface area is 236 Å². The highest BCUT2D eigenvalue weighted by Crippen LogP contribution is 2.25. The minimum absolute atomic E-state index is 0.0896. The van der Waals surface area contributed by atoms with E-state index in [1.807, 2.05) is 26.0 Å². The second kappa shape index (κ2) is 13.7. The van der Waals surface area contributed by atoms with Crippen LogP contribution in [0.15, 0.2) is 42.5 Å². The molecule has 1 fully saturated rings. The van der Waals surface area contributed by atoms with Crippen molar-refractivity contribution in [1.82, 2.24) is 10.2 Å². The Morgan fingerprint density at radius 1 is 1.08 bits per heavy atom. The van der Waals surface area contributed by atoms with Crippen molar-refractivity contribution in [3.8, 4) is 0 Å². The largest absolute Gasteiger partial charge is 0.352 e. The zero-order chi connectivity index (χ0) is 27.9. The zero-order valence-electron chi connectivity index (χ0n) is 22.3. The van der Waals surface area contributed by atoms with E-state index >= 15 is 0 Å². The summed E-state index contributed by atoms with van der Waals surface area (Å²) in [4.78, 5) is 28.4. The van der Waals surface area contributed by atoms with E-state index in [1.54, 1.807) is 35.2 Å². The molecule has 7 nitrogen and oxygen atoms in total. The highest BCUT2D eigenvalue weighted by atomic mass is 35.5. The molecule has 1 saturated carbocycles. The molecule has 1 unspecified atom stereocenters. The first-order chi connectivity index (χ1) is 18.0. The molecule has 1 N–H and O–H groups in total. The molecule has 1 atom stereocenters. The van der Waals surface area contributed by atoms with Crippen molar-refractivity contribution >= 4 is 50.7 Å². The van der Waals surface area contributed by atoms with Gasteiger partial charge in [-0.15, -0.1) is 0 Å². The first-order valence-corrected chi connectivity index (χ1v) is 15.7. The lowest BCUT2D eigenvalue weighted by atomic mass is 10.1. The molecular weight excluding hydrogens is 545 g/mol. The predicted octanol–water partition coefficient (Wildman–Crippen LogP) is 5.71. The van der Waals surface area contributed by atoms with Crippen molar-refractivity contribution in [1.29, 1.82) is 0 Å². The number of sulfonamides is 1. The van der Waals surface area contributed by atoms with Gasteiger partial charge in [-0.05, 0) is 68.0 Å². The third-order valence-corrected chi connectivity index (χ3v) is 8.80. The van der Waals surface area contributed by atoms with Crippen LogP contribution in [0.5, 0.6) is 0 Å². The molecule has 0 saturated heterocycles. The van der Waals surface area contributed by atoms with Gasteiger partial charge in [-0.1, -0.05) is 61.2 Å². The fraction of sp³-hybridized carbons (Fsp3) is 0.500. The van der Waals surface area contributed by atoms with Crippen LogP contribution >= 0.6 is 23.2 Å². The lowest BCUT2D eigenvalue weighted by Gasteiger charge is -2.32. The summed E-state index contributed by atoms with van der Waals surface area (Å²) in [5, 5.41) is 3.92. The van der Waals surface area contributed by atoms with Crippen LogP contribution in [0.25, 0.3) is 0 Å². The van der Waals surface area contributed by atoms with Crippen molar-refractivity contribution < 1.29 is 18.0 Å². The predicted molar refractivity (Wildman–Crippen MR) is 154 cm³/mol. The summed E-state index contributed by atoms with van der Waals surface area (Å²) in [6, 6.07) is 11.9. The average Bonchev–Trinajstić information content (AvgIpc) is 3.36. The van der Waals surface area contributed by atoms with Gasteiger partial charge in [-0.25, -0.2) is 8.42 Å². The van der Waals surface area contributed by atoms with Gasteiger partial charge in [0.15, 0.2) is 0 Å². The Morgan fingerprint density at radius 2 is 1.79 bits per heavy atom. The topological polar surface area (TPSA) is 86.8 Å². The molecule has 0 aromatic heterocycles. The molecular formula is C28H37Cl2N3O4S. The maximum atomic E-state index is 13.6. The van der Waals surface area contributed by atoms with Gasteiger partial charge in [-0.3, -0.25) is 13.9 Å². The Bertz CT molecular complexity index is 1230. The van der Waals surface area contributed by atoms with Crippen LogP contribution in [0.1, 0.15) is 63.0 Å². The molecule has 0 bridgehead atoms. The molecule has 0 spiro atoms. The number of nitrogens with zero attached hydrogens (tertiary/aromatic N) is 2. The van der Waals surface area contributed by atoms with E-state index in [2.05, 4.69) is 5.32 Å². The second-order valence-electron chi connectivity index (χ2n) is 9.96. The Balaban J connectivity index is 1.78. The summed E-state index contributed by atoms with van der Waals surface area (Å²) in [7, 11) is -3.54. The number of carbonyl (C=O) groups is 2. The average molecular weight is 583 g/mol. The van der Waals surface area contributed by atoms with Crippen LogP contribution in [0.2, 0.25) is 10.0 Å². The van der Waals surface area contributed by atoms with Crippen molar-refractivity contribution in [3.05, 3.63) is 63.6 Å². The zero-order valence-corrected chi connectivity index (χ0v) is 24.6. The lowest BCUT2D eigenvalue weighted by molar-refractivity contribution is -0.141. The van der Waals surface area contributed by atoms with Crippen LogP contribution in [0, 0.1) is 6.92 Å². The fourth-order valence-corrected chi connectivity index (χ4v) is 6.19. The van der Waals surface area contributed by atoms with Crippen molar-refractivity contribution in [2.75, 3.05) is 17.1 Å². The molecule has 10 heteroatoms. The summed E-state index contributed by atoms with van der Waals surface area (Å²) in [5.41, 5.74) is 2.27. The van der Waals surface area contributed by atoms with E-state index in [-0.39, 0.29) is 37.4 Å². The van der Waals surface area contributed by atoms with Crippen LogP contribution in [-0.4, -0.2) is 50.0 Å². The number of rotatable bonds is 12. The van der Waals surface area contributed by atoms with E-state index in [4.69, 9.17) is 23.2 Å². The number of nitrogens with one attached hydrogen (secondary N) is 1. The maximum Gasteiger partial charge on any atom is 0.243 e. The van der Waals surface area contributed by atoms with Gasteiger partial charge in [0, 0.05) is 25.6 Å². The molecule has 208 valence electrons. The van der Waals surface area contributed by atoms with Gasteiger partial charge in [0.2, 0.25) is 21.8 Å². The molecule has 1 aliphatic rings. The lowest BCUT2D eigenvalue weighted by Crippen LogP contribution is -2.51. The highest BCUT2D eigenvalue weighted by molar-refractivity contribution is 7.92. The molecule has 1 aliphatic carbocycles. The smallest absolute Gasteiger partial charge is 0.243 e. The summed E-state index contributed by atoms with van der Waals surface area (Å²) >= 11 is 12.3. The Kier molecular flexibility index (Phi) is 10.9. The number of anilines is 1. The summed E-state index contributed by atoms with van der Waals surface area (Å²) in [6.45, 7) is 4.13. The standard InChI is InChI=1S/C28H37Cl2N3O4S/c1-4-26(28(35)31-22-10-5-6-11-22)32(19-21-14-15-24(29)25(30)18-21)27(34)13-8-16-33(38(3,36)37)23-12-7-9-20(2)17-23/h7,9,12,14-15,17-18,22,26H,4-6,8,10-11,13,16,19H2,1-3H3,(H,31,35). The molecule has 2 aromatic carbocycles. The van der Waals surface area contributed by atoms with Gasteiger partial charge < -0.3 is 10.2 Å². The summed E-state index contributed by atoms with van der Waals surface area (Å²) in [6.07, 6.45) is 6.08. The molecule has 38 heavy (non-hydrogen) atoms. The van der Waals surface area contributed by atoms with Gasteiger partial charge in [-0.2, -0.15) is 0 Å². The van der Waals surface area contributed by atoms with Crippen molar-refractivity contribution in [2.45, 2.75) is 77.4 Å². The molecule has 2 aromatic rings. The van der Waals surface area contributed by atoms with E-state index in [0.29, 0.717) is 28.6 Å². The number of hydrogen-bond donors (Lipinski definition) is 1. The first-order valence-electron chi connectivity index (χ1n) is 13.1. The van der Waals surface area contributed by atoms with E-state index in [1.165, 1.54) is 4.31 Å². The van der Waals surface area contributed by atoms with Crippen LogP contribution in [0.4, 0.5) is 5.69 Å². The quantitative estimate of drug-likeness (QED) is 0.347. The molecule has 3 rings (SSSR count). The minimum Gasteiger partial charge on any atom is -0.352 e. The SMILES string of the molecule is CCC(C(=O)NC1CCCC1)N(Cc1ccc(Cl)c(Cl)c1)C(=O)CCCN(c1cccc(C)c1)S(C)(=O)=O. The van der Waals surface area contributed by atoms with Gasteiger partial charge in [0.25, 0.3) is 0 Å². The number of amides is 2. The fourth-order valence-electron chi connectivity index (χ4n) is 4.91. The number of carbonyl (C=O) groups excluding carboxylic acids is 2. The molecule has 0 heterocycles. The monoisotopic (exact) mass is 581 g/mol. The number of aryl methyl sites for hydroxylation is 1. The van der Waals surface area contributed by atoms with Crippen molar-refractivity contribution in [3.63, 3.8) is 0 Å². The maximum absolute atomic E-state index is 13.6. The van der Waals surface area contributed by atoms with Gasteiger partial charge in [0.1, 0.15) is 6.04 Å². The molecule has 2 amide bonds. The number of hydrogen-bond acceptors (Lipinski definition) is 4. The van der Waals surface area contributed by atoms with Crippen LogP contribution < -0.4 is 9.62 Å². The minimum atomic E-state index is -3.54. The third kappa shape index (κ3) is 8.35. The third-order valence-electron chi connectivity index (χ3n) is 6.87. The second-order valence-corrected chi connectivity index (χ2v) is 12.7. The Hall–Kier alpha value is -2.29. The van der Waals surface area contributed by atoms with E-state index in [9.17, 15) is 18.0 Å². The van der Waals surface area contributed by atoms with Gasteiger partial charge >= 0.3 is 0 Å². The number of halogens is 2. The molecule has 0 radical (unpaired) electrons. The first kappa shape index (κ1) is 30.3. The summed E-state index contributed by atoms with van der Waals surface area (Å²) in [5.74, 6) is -0.382. The normalized spacial score (nSPS) is 14.8. The highest BCUT2D eigenvalue weighted by Gasteiger charge is 2.31. The Morgan fingerprint density at radius 3 is 2.39 bits per heavy atom. The number of benzene rings is 2. The summed E-state index contributed by atoms with van der Waals surface area (Å²) < 4.78 is 26.4. The van der Waals surface area contributed by atoms with Crippen molar-refractivity contribution in [2.24, 2.45) is 0 Å². The van der Waals surface area contributed by atoms with Gasteiger partial charge in [0.05, 0.1) is 22.0 Å². The van der Waals surface area contributed by atoms with E-state index in [0.717, 1.165) is 43.1 Å². The van der Waals surface area contributed by atoms with Crippen LogP contribution in [0.3, 0.4) is 0 Å². The van der Waals surface area contributed by atoms with Crippen LogP contribution in [-0.2, 0) is 26.2 Å². The van der Waals surface area contributed by atoms with E-state index < -0.39 is 16.1 Å².